The maximum absolute atomic E-state index is 13.1. The Labute approximate surface area is 179 Å². The van der Waals surface area contributed by atoms with Gasteiger partial charge in [-0.05, 0) is 51.7 Å². The Bertz CT molecular complexity index is 985. The minimum atomic E-state index is -4.96. The van der Waals surface area contributed by atoms with Crippen LogP contribution in [0.4, 0.5) is 13.2 Å². The molecule has 2 saturated heterocycles. The Balaban J connectivity index is 1.57. The lowest BCUT2D eigenvalue weighted by Gasteiger charge is -2.36. The van der Waals surface area contributed by atoms with E-state index in [-0.39, 0.29) is 30.8 Å². The van der Waals surface area contributed by atoms with Crippen molar-refractivity contribution < 1.29 is 22.8 Å². The van der Waals surface area contributed by atoms with Crippen molar-refractivity contribution in [2.45, 2.75) is 63.7 Å². The van der Waals surface area contributed by atoms with E-state index >= 15 is 0 Å². The van der Waals surface area contributed by atoms with E-state index < -0.39 is 18.1 Å². The highest BCUT2D eigenvalue weighted by atomic mass is 19.4. The Kier molecular flexibility index (Phi) is 5.70. The number of imidazole rings is 1. The summed E-state index contributed by atoms with van der Waals surface area (Å²) in [6.45, 7) is 5.03. The van der Waals surface area contributed by atoms with E-state index in [2.05, 4.69) is 18.4 Å². The van der Waals surface area contributed by atoms with Crippen LogP contribution in [0, 0.1) is 0 Å². The predicted octanol–water partition coefficient (Wildman–Crippen LogP) is 3.88. The van der Waals surface area contributed by atoms with Crippen molar-refractivity contribution in [3.63, 3.8) is 0 Å². The third-order valence-electron chi connectivity index (χ3n) is 6.28. The molecule has 0 spiro atoms. The molecular weight excluding hydrogens is 409 g/mol. The number of hydrogen-bond acceptors (Lipinski definition) is 3. The van der Waals surface area contributed by atoms with Crippen LogP contribution in [0.3, 0.4) is 0 Å². The first-order valence-electron chi connectivity index (χ1n) is 10.8. The number of amides is 2. The van der Waals surface area contributed by atoms with Crippen molar-refractivity contribution >= 4 is 22.8 Å². The van der Waals surface area contributed by atoms with Crippen molar-refractivity contribution in [3.05, 3.63) is 30.1 Å². The summed E-state index contributed by atoms with van der Waals surface area (Å²) in [6.07, 6.45) is -2.69. The van der Waals surface area contributed by atoms with Gasteiger partial charge in [0.2, 0.25) is 5.91 Å². The number of likely N-dealkylation sites (tertiary alicyclic amines) is 2. The zero-order valence-corrected chi connectivity index (χ0v) is 17.7. The molecule has 2 fully saturated rings. The number of fused-ring (bicyclic) bond motifs is 1. The van der Waals surface area contributed by atoms with E-state index in [1.165, 1.54) is 0 Å². The molecule has 0 bridgehead atoms. The molecule has 4 rings (SSSR count). The van der Waals surface area contributed by atoms with Crippen LogP contribution in [0.15, 0.2) is 24.3 Å². The van der Waals surface area contributed by atoms with Gasteiger partial charge in [-0.1, -0.05) is 12.1 Å². The van der Waals surface area contributed by atoms with E-state index in [0.717, 1.165) is 29.7 Å². The van der Waals surface area contributed by atoms with Gasteiger partial charge in [-0.2, -0.15) is 13.2 Å². The predicted molar refractivity (Wildman–Crippen MR) is 109 cm³/mol. The highest BCUT2D eigenvalue weighted by Gasteiger charge is 2.48. The molecule has 1 aromatic carbocycles. The van der Waals surface area contributed by atoms with Gasteiger partial charge >= 0.3 is 12.1 Å². The largest absolute Gasteiger partial charge is 0.471 e. The molecule has 6 nitrogen and oxygen atoms in total. The summed E-state index contributed by atoms with van der Waals surface area (Å²) in [5, 5.41) is 0. The van der Waals surface area contributed by atoms with Crippen LogP contribution in [0.2, 0.25) is 0 Å². The molecule has 0 aliphatic carbocycles. The number of rotatable bonds is 3. The van der Waals surface area contributed by atoms with Gasteiger partial charge in [0.25, 0.3) is 0 Å². The van der Waals surface area contributed by atoms with Crippen LogP contribution in [-0.2, 0) is 9.59 Å². The molecule has 3 heterocycles. The molecular formula is C22H27F3N4O2. The fourth-order valence-electron chi connectivity index (χ4n) is 4.92. The van der Waals surface area contributed by atoms with Crippen LogP contribution in [0.5, 0.6) is 0 Å². The smallest absolute Gasteiger partial charge is 0.340 e. The molecule has 168 valence electrons. The van der Waals surface area contributed by atoms with Crippen molar-refractivity contribution in [1.29, 1.82) is 0 Å². The van der Waals surface area contributed by atoms with Crippen molar-refractivity contribution in [2.75, 3.05) is 19.6 Å². The summed E-state index contributed by atoms with van der Waals surface area (Å²) in [6, 6.07) is 7.04. The third kappa shape index (κ3) is 4.02. The van der Waals surface area contributed by atoms with E-state index in [4.69, 9.17) is 4.98 Å². The van der Waals surface area contributed by atoms with Crippen molar-refractivity contribution in [2.24, 2.45) is 0 Å². The fourth-order valence-corrected chi connectivity index (χ4v) is 4.92. The Morgan fingerprint density at radius 1 is 1.10 bits per heavy atom. The zero-order valence-electron chi connectivity index (χ0n) is 17.7. The van der Waals surface area contributed by atoms with Gasteiger partial charge in [0, 0.05) is 31.6 Å². The summed E-state index contributed by atoms with van der Waals surface area (Å²) in [5.41, 5.74) is 1.93. The SMILES string of the molecule is CC(C)n1c([C@@H]2CCCN(C(=O)[C@@H]3CCCN3C(=O)C(F)(F)F)C2)nc2ccccc21. The summed E-state index contributed by atoms with van der Waals surface area (Å²) >= 11 is 0. The molecule has 0 unspecified atom stereocenters. The number of aromatic nitrogens is 2. The molecule has 2 aliphatic heterocycles. The summed E-state index contributed by atoms with van der Waals surface area (Å²) in [7, 11) is 0. The first-order chi connectivity index (χ1) is 14.7. The lowest BCUT2D eigenvalue weighted by Crippen LogP contribution is -2.53. The molecule has 2 amide bonds. The van der Waals surface area contributed by atoms with Crippen LogP contribution in [-0.4, -0.2) is 63.0 Å². The summed E-state index contributed by atoms with van der Waals surface area (Å²) in [4.78, 5) is 32.1. The van der Waals surface area contributed by atoms with E-state index in [0.29, 0.717) is 24.4 Å². The van der Waals surface area contributed by atoms with Gasteiger partial charge in [-0.3, -0.25) is 9.59 Å². The molecule has 0 radical (unpaired) electrons. The zero-order chi connectivity index (χ0) is 22.3. The average Bonchev–Trinajstić information content (AvgIpc) is 3.37. The van der Waals surface area contributed by atoms with Crippen molar-refractivity contribution in [1.82, 2.24) is 19.4 Å². The number of carbonyl (C=O) groups excluding carboxylic acids is 2. The van der Waals surface area contributed by atoms with Gasteiger partial charge in [0.1, 0.15) is 11.9 Å². The number of nitrogens with zero attached hydrogens (tertiary/aromatic N) is 4. The highest BCUT2D eigenvalue weighted by Crippen LogP contribution is 2.33. The molecule has 2 aromatic rings. The van der Waals surface area contributed by atoms with Gasteiger partial charge in [0.15, 0.2) is 0 Å². The van der Waals surface area contributed by atoms with Gasteiger partial charge < -0.3 is 14.4 Å². The maximum atomic E-state index is 13.1. The molecule has 0 saturated carbocycles. The van der Waals surface area contributed by atoms with Crippen LogP contribution < -0.4 is 0 Å². The molecule has 2 aliphatic rings. The number of benzene rings is 1. The minimum Gasteiger partial charge on any atom is -0.340 e. The lowest BCUT2D eigenvalue weighted by molar-refractivity contribution is -0.187. The van der Waals surface area contributed by atoms with Gasteiger partial charge in [-0.25, -0.2) is 4.98 Å². The Hall–Kier alpha value is -2.58. The molecule has 1 aromatic heterocycles. The monoisotopic (exact) mass is 436 g/mol. The number of alkyl halides is 3. The van der Waals surface area contributed by atoms with E-state index in [1.54, 1.807) is 4.90 Å². The van der Waals surface area contributed by atoms with Gasteiger partial charge in [0.05, 0.1) is 11.0 Å². The average molecular weight is 436 g/mol. The van der Waals surface area contributed by atoms with Crippen LogP contribution in [0.1, 0.15) is 57.3 Å². The minimum absolute atomic E-state index is 0.000621. The number of halogens is 3. The topological polar surface area (TPSA) is 58.4 Å². The Morgan fingerprint density at radius 2 is 1.81 bits per heavy atom. The second-order valence-corrected chi connectivity index (χ2v) is 8.70. The number of hydrogen-bond donors (Lipinski definition) is 0. The summed E-state index contributed by atoms with van der Waals surface area (Å²) < 4.78 is 41.1. The summed E-state index contributed by atoms with van der Waals surface area (Å²) in [5.74, 6) is -1.39. The quantitative estimate of drug-likeness (QED) is 0.734. The molecule has 2 atom stereocenters. The highest BCUT2D eigenvalue weighted by molar-refractivity contribution is 5.90. The maximum Gasteiger partial charge on any atom is 0.471 e. The van der Waals surface area contributed by atoms with E-state index in [9.17, 15) is 22.8 Å². The van der Waals surface area contributed by atoms with Crippen LogP contribution >= 0.6 is 0 Å². The molecule has 31 heavy (non-hydrogen) atoms. The van der Waals surface area contributed by atoms with Crippen molar-refractivity contribution in [3.8, 4) is 0 Å². The second kappa shape index (κ2) is 8.16. The normalized spacial score (nSPS) is 22.5. The van der Waals surface area contributed by atoms with E-state index in [1.807, 2.05) is 24.3 Å². The second-order valence-electron chi connectivity index (χ2n) is 8.70. The first kappa shape index (κ1) is 21.6. The Morgan fingerprint density at radius 3 is 2.52 bits per heavy atom. The third-order valence-corrected chi connectivity index (χ3v) is 6.28. The van der Waals surface area contributed by atoms with Gasteiger partial charge in [-0.15, -0.1) is 0 Å². The number of piperidine rings is 1. The molecule has 0 N–H and O–H groups in total. The standard InChI is InChI=1S/C22H27F3N4O2/c1-14(2)29-17-9-4-3-8-16(17)26-19(29)15-7-5-11-27(13-15)20(30)18-10-6-12-28(18)21(31)22(23,24)25/h3-4,8-9,14-15,18H,5-7,10-13H2,1-2H3/t15-,18+/m1/s1. The fraction of sp³-hybridized carbons (Fsp3) is 0.591. The number of carbonyl (C=O) groups is 2. The first-order valence-corrected chi connectivity index (χ1v) is 10.8. The van der Waals surface area contributed by atoms with Crippen LogP contribution in [0.25, 0.3) is 11.0 Å². The molecule has 9 heteroatoms. The number of para-hydroxylation sites is 2. The lowest BCUT2D eigenvalue weighted by atomic mass is 9.96.